The fourth-order valence-electron chi connectivity index (χ4n) is 3.70. The second-order valence-electron chi connectivity index (χ2n) is 8.20. The summed E-state index contributed by atoms with van der Waals surface area (Å²) < 4.78 is 11.5. The fourth-order valence-corrected chi connectivity index (χ4v) is 3.70. The third kappa shape index (κ3) is 6.29. The summed E-state index contributed by atoms with van der Waals surface area (Å²) in [6.07, 6.45) is 3.47. The number of pyridine rings is 1. The molecule has 7 heteroatoms. The van der Waals surface area contributed by atoms with Crippen molar-refractivity contribution in [3.63, 3.8) is 0 Å². The third-order valence-electron chi connectivity index (χ3n) is 5.46. The predicted octanol–water partition coefficient (Wildman–Crippen LogP) is 6.30. The first-order valence-corrected chi connectivity index (χ1v) is 11.6. The number of para-hydroxylation sites is 1. The van der Waals surface area contributed by atoms with Gasteiger partial charge in [-0.05, 0) is 66.0 Å². The predicted molar refractivity (Wildman–Crippen MR) is 143 cm³/mol. The number of hydrogen-bond acceptors (Lipinski definition) is 5. The van der Waals surface area contributed by atoms with Gasteiger partial charge < -0.3 is 20.1 Å². The molecule has 0 fully saturated rings. The Morgan fingerprint density at radius 2 is 1.46 bits per heavy atom. The molecule has 4 aromatic carbocycles. The monoisotopic (exact) mass is 489 g/mol. The van der Waals surface area contributed by atoms with Gasteiger partial charge in [0, 0.05) is 40.8 Å². The molecule has 0 bridgehead atoms. The van der Waals surface area contributed by atoms with Gasteiger partial charge in [0.15, 0.2) is 6.61 Å². The van der Waals surface area contributed by atoms with Crippen molar-refractivity contribution in [2.75, 3.05) is 17.2 Å². The van der Waals surface area contributed by atoms with Gasteiger partial charge in [-0.1, -0.05) is 36.4 Å². The van der Waals surface area contributed by atoms with E-state index in [4.69, 9.17) is 9.47 Å². The lowest BCUT2D eigenvalue weighted by Gasteiger charge is -2.11. The molecule has 0 aliphatic rings. The minimum absolute atomic E-state index is 0.196. The molecule has 0 aliphatic heterocycles. The van der Waals surface area contributed by atoms with Crippen LogP contribution in [-0.2, 0) is 4.79 Å². The quantitative estimate of drug-likeness (QED) is 0.267. The Kier molecular flexibility index (Phi) is 7.04. The van der Waals surface area contributed by atoms with Crippen molar-refractivity contribution in [3.8, 4) is 17.2 Å². The molecule has 0 spiro atoms. The van der Waals surface area contributed by atoms with Crippen LogP contribution in [0.25, 0.3) is 10.8 Å². The lowest BCUT2D eigenvalue weighted by Crippen LogP contribution is -2.20. The van der Waals surface area contributed by atoms with Crippen LogP contribution in [0.5, 0.6) is 17.2 Å². The fraction of sp³-hybridized carbons (Fsp3) is 0.0333. The van der Waals surface area contributed by atoms with E-state index in [1.807, 2.05) is 60.7 Å². The van der Waals surface area contributed by atoms with Gasteiger partial charge in [0.25, 0.3) is 11.8 Å². The standard InChI is InChI=1S/C30H23N3O4/c34-29(32-25-13-12-23-19-31-15-14-21(23)16-25)20-36-27-10-4-6-22(17-27)30(35)33-24-7-5-11-28(18-24)37-26-8-2-1-3-9-26/h1-19H,20H2,(H,32,34)(H,33,35). The number of fused-ring (bicyclic) bond motifs is 1. The number of rotatable bonds is 8. The Morgan fingerprint density at radius 1 is 0.676 bits per heavy atom. The van der Waals surface area contributed by atoms with Gasteiger partial charge in [0.1, 0.15) is 17.2 Å². The number of carbonyl (C=O) groups is 2. The molecule has 182 valence electrons. The van der Waals surface area contributed by atoms with Crippen LogP contribution in [0.3, 0.4) is 0 Å². The van der Waals surface area contributed by atoms with Gasteiger partial charge in [-0.2, -0.15) is 0 Å². The second kappa shape index (κ2) is 11.0. The van der Waals surface area contributed by atoms with E-state index >= 15 is 0 Å². The molecular weight excluding hydrogens is 466 g/mol. The maximum Gasteiger partial charge on any atom is 0.262 e. The van der Waals surface area contributed by atoms with Crippen LogP contribution in [0, 0.1) is 0 Å². The first-order chi connectivity index (χ1) is 18.1. The molecule has 2 amide bonds. The first-order valence-electron chi connectivity index (χ1n) is 11.6. The summed E-state index contributed by atoms with van der Waals surface area (Å²) in [6.45, 7) is -0.196. The Bertz CT molecular complexity index is 1550. The molecule has 1 heterocycles. The number of anilines is 2. The summed E-state index contributed by atoms with van der Waals surface area (Å²) in [4.78, 5) is 29.3. The van der Waals surface area contributed by atoms with E-state index in [1.54, 1.807) is 54.9 Å². The number of nitrogens with one attached hydrogen (secondary N) is 2. The van der Waals surface area contributed by atoms with E-state index < -0.39 is 0 Å². The lowest BCUT2D eigenvalue weighted by atomic mass is 10.1. The van der Waals surface area contributed by atoms with Crippen molar-refractivity contribution in [2.45, 2.75) is 0 Å². The minimum Gasteiger partial charge on any atom is -0.484 e. The Hall–Kier alpha value is -5.17. The molecule has 0 saturated carbocycles. The number of benzene rings is 4. The van der Waals surface area contributed by atoms with Crippen LogP contribution in [0.1, 0.15) is 10.4 Å². The topological polar surface area (TPSA) is 89.6 Å². The SMILES string of the molecule is O=C(COc1cccc(C(=O)Nc2cccc(Oc3ccccc3)c2)c1)Nc1ccc2cnccc2c1. The highest BCUT2D eigenvalue weighted by Gasteiger charge is 2.10. The van der Waals surface area contributed by atoms with Crippen LogP contribution < -0.4 is 20.1 Å². The average molecular weight is 490 g/mol. The Labute approximate surface area is 213 Å². The van der Waals surface area contributed by atoms with Crippen LogP contribution in [0.2, 0.25) is 0 Å². The number of ether oxygens (including phenoxy) is 2. The van der Waals surface area contributed by atoms with Crippen LogP contribution in [0.4, 0.5) is 11.4 Å². The average Bonchev–Trinajstić information content (AvgIpc) is 2.93. The third-order valence-corrected chi connectivity index (χ3v) is 5.46. The Morgan fingerprint density at radius 3 is 2.35 bits per heavy atom. The molecule has 0 radical (unpaired) electrons. The molecule has 37 heavy (non-hydrogen) atoms. The van der Waals surface area contributed by atoms with Crippen LogP contribution >= 0.6 is 0 Å². The highest BCUT2D eigenvalue weighted by molar-refractivity contribution is 6.04. The molecule has 5 aromatic rings. The molecular formula is C30H23N3O4. The van der Waals surface area contributed by atoms with E-state index in [0.29, 0.717) is 34.2 Å². The summed E-state index contributed by atoms with van der Waals surface area (Å²) in [7, 11) is 0. The van der Waals surface area contributed by atoms with Crippen LogP contribution in [-0.4, -0.2) is 23.4 Å². The molecule has 0 atom stereocenters. The van der Waals surface area contributed by atoms with E-state index in [2.05, 4.69) is 15.6 Å². The second-order valence-corrected chi connectivity index (χ2v) is 8.20. The van der Waals surface area contributed by atoms with Gasteiger partial charge in [-0.15, -0.1) is 0 Å². The normalized spacial score (nSPS) is 10.5. The van der Waals surface area contributed by atoms with Gasteiger partial charge in [0.05, 0.1) is 0 Å². The summed E-state index contributed by atoms with van der Waals surface area (Å²) in [5.41, 5.74) is 1.66. The smallest absolute Gasteiger partial charge is 0.262 e. The van der Waals surface area contributed by atoms with Gasteiger partial charge in [0.2, 0.25) is 0 Å². The van der Waals surface area contributed by atoms with Crippen molar-refractivity contribution in [3.05, 3.63) is 121 Å². The maximum atomic E-state index is 12.8. The van der Waals surface area contributed by atoms with E-state index in [0.717, 1.165) is 10.8 Å². The zero-order chi connectivity index (χ0) is 25.5. The molecule has 5 rings (SSSR count). The number of aromatic nitrogens is 1. The molecule has 0 unspecified atom stereocenters. The molecule has 0 aliphatic carbocycles. The number of nitrogens with zero attached hydrogens (tertiary/aromatic N) is 1. The maximum absolute atomic E-state index is 12.8. The summed E-state index contributed by atoms with van der Waals surface area (Å²) in [6, 6.07) is 30.7. The summed E-state index contributed by atoms with van der Waals surface area (Å²) in [5.74, 6) is 1.11. The zero-order valence-electron chi connectivity index (χ0n) is 19.8. The first kappa shape index (κ1) is 23.6. The zero-order valence-corrected chi connectivity index (χ0v) is 19.8. The number of hydrogen-bond donors (Lipinski definition) is 2. The largest absolute Gasteiger partial charge is 0.484 e. The Balaban J connectivity index is 1.17. The molecule has 1 aromatic heterocycles. The van der Waals surface area contributed by atoms with E-state index in [9.17, 15) is 9.59 Å². The van der Waals surface area contributed by atoms with Crippen molar-refractivity contribution < 1.29 is 19.1 Å². The van der Waals surface area contributed by atoms with Gasteiger partial charge >= 0.3 is 0 Å². The summed E-state index contributed by atoms with van der Waals surface area (Å²) in [5, 5.41) is 7.65. The number of amides is 2. The van der Waals surface area contributed by atoms with E-state index in [-0.39, 0.29) is 18.4 Å². The van der Waals surface area contributed by atoms with Crippen molar-refractivity contribution >= 4 is 34.0 Å². The van der Waals surface area contributed by atoms with Gasteiger partial charge in [-0.3, -0.25) is 14.6 Å². The molecule has 2 N–H and O–H groups in total. The lowest BCUT2D eigenvalue weighted by molar-refractivity contribution is -0.118. The highest BCUT2D eigenvalue weighted by atomic mass is 16.5. The van der Waals surface area contributed by atoms with Crippen molar-refractivity contribution in [1.82, 2.24) is 4.98 Å². The van der Waals surface area contributed by atoms with Crippen molar-refractivity contribution in [1.29, 1.82) is 0 Å². The molecule has 0 saturated heterocycles. The van der Waals surface area contributed by atoms with Crippen LogP contribution in [0.15, 0.2) is 116 Å². The summed E-state index contributed by atoms with van der Waals surface area (Å²) >= 11 is 0. The van der Waals surface area contributed by atoms with E-state index in [1.165, 1.54) is 0 Å². The van der Waals surface area contributed by atoms with Crippen molar-refractivity contribution in [2.24, 2.45) is 0 Å². The molecule has 7 nitrogen and oxygen atoms in total. The number of carbonyl (C=O) groups excluding carboxylic acids is 2. The van der Waals surface area contributed by atoms with Gasteiger partial charge in [-0.25, -0.2) is 0 Å². The highest BCUT2D eigenvalue weighted by Crippen LogP contribution is 2.24. The minimum atomic E-state index is -0.308.